The zero-order chi connectivity index (χ0) is 31.1. The number of hydrogen-bond donors (Lipinski definition) is 6. The van der Waals surface area contributed by atoms with Crippen molar-refractivity contribution < 1.29 is 57.2 Å². The number of anilines is 2. The first-order chi connectivity index (χ1) is 20.4. The van der Waals surface area contributed by atoms with Crippen molar-refractivity contribution in [1.29, 1.82) is 0 Å². The van der Waals surface area contributed by atoms with Crippen molar-refractivity contribution >= 4 is 99.5 Å². The number of carbonyl (C=O) groups excluding carboxylic acids is 2. The van der Waals surface area contributed by atoms with E-state index in [0.717, 1.165) is 22.9 Å². The van der Waals surface area contributed by atoms with Crippen LogP contribution in [-0.4, -0.2) is 47.3 Å². The Balaban J connectivity index is 0.00000529. The van der Waals surface area contributed by atoms with Gasteiger partial charge in [-0.3, -0.25) is 20.4 Å². The zero-order valence-corrected chi connectivity index (χ0v) is 29.5. The predicted molar refractivity (Wildman–Crippen MR) is 173 cm³/mol. The molecule has 12 nitrogen and oxygen atoms in total. The zero-order valence-electron chi connectivity index (χ0n) is 22.7. The first kappa shape index (κ1) is 35.4. The molecular formula is C27H21Br2N6NaO6S2. The molecule has 0 spiro atoms. The molecule has 17 heteroatoms. The number of nitrogens with zero attached hydrogens (tertiary/aromatic N) is 1. The van der Waals surface area contributed by atoms with Crippen LogP contribution in [0.2, 0.25) is 0 Å². The summed E-state index contributed by atoms with van der Waals surface area (Å²) in [7, 11) is -4.61. The minimum absolute atomic E-state index is 0. The van der Waals surface area contributed by atoms with Crippen molar-refractivity contribution in [3.63, 3.8) is 0 Å². The normalized spacial score (nSPS) is 11.7. The molecular weight excluding hydrogens is 751 g/mol. The number of nitrogens with one attached hydrogen (secondary N) is 5. The van der Waals surface area contributed by atoms with Crippen molar-refractivity contribution in [2.75, 3.05) is 10.6 Å². The summed E-state index contributed by atoms with van der Waals surface area (Å²) in [5, 5.41) is 21.2. The van der Waals surface area contributed by atoms with E-state index in [0.29, 0.717) is 25.9 Å². The van der Waals surface area contributed by atoms with E-state index in [2.05, 4.69) is 63.9 Å². The predicted octanol–water partition coefficient (Wildman–Crippen LogP) is 0.927. The molecule has 0 aliphatic rings. The molecule has 6 N–H and O–H groups in total. The third kappa shape index (κ3) is 9.70. The first-order valence-electron chi connectivity index (χ1n) is 12.1. The van der Waals surface area contributed by atoms with Gasteiger partial charge in [0.05, 0.1) is 20.1 Å². The van der Waals surface area contributed by atoms with Crippen LogP contribution >= 0.6 is 44.1 Å². The van der Waals surface area contributed by atoms with Crippen LogP contribution in [0.5, 0.6) is 5.75 Å². The third-order valence-corrected chi connectivity index (χ3v) is 7.98. The Bertz CT molecular complexity index is 1820. The van der Waals surface area contributed by atoms with E-state index in [1.165, 1.54) is 18.3 Å². The number of carbonyl (C=O) groups is 2. The van der Waals surface area contributed by atoms with E-state index < -0.39 is 32.9 Å². The van der Waals surface area contributed by atoms with Gasteiger partial charge in [-0.2, -0.15) is 5.10 Å². The molecule has 4 aromatic carbocycles. The van der Waals surface area contributed by atoms with Crippen molar-refractivity contribution in [1.82, 2.24) is 16.3 Å². The van der Waals surface area contributed by atoms with Gasteiger partial charge in [0.1, 0.15) is 15.9 Å². The Morgan fingerprint density at radius 1 is 0.886 bits per heavy atom. The summed E-state index contributed by atoms with van der Waals surface area (Å²) in [6.45, 7) is 0. The van der Waals surface area contributed by atoms with Crippen LogP contribution in [-0.2, 0) is 19.7 Å². The number of thiocarbonyl (C=S) groups is 1. The van der Waals surface area contributed by atoms with Gasteiger partial charge in [-0.1, -0.05) is 30.3 Å². The molecule has 2 amide bonds. The molecule has 1 unspecified atom stereocenters. The maximum absolute atomic E-state index is 13.1. The van der Waals surface area contributed by atoms with Crippen LogP contribution in [0.25, 0.3) is 10.8 Å². The molecule has 4 aromatic rings. The second kappa shape index (κ2) is 15.8. The second-order valence-electron chi connectivity index (χ2n) is 8.75. The molecule has 0 aromatic heterocycles. The number of halogens is 2. The number of hydrazone groups is 1. The van der Waals surface area contributed by atoms with Crippen LogP contribution in [0.1, 0.15) is 5.56 Å². The van der Waals surface area contributed by atoms with Crippen molar-refractivity contribution in [3.8, 4) is 5.75 Å². The quantitative estimate of drug-likeness (QED) is 0.0377. The molecule has 0 heterocycles. The van der Waals surface area contributed by atoms with Gasteiger partial charge in [0.25, 0.3) is 11.8 Å². The molecule has 44 heavy (non-hydrogen) atoms. The van der Waals surface area contributed by atoms with Crippen molar-refractivity contribution in [2.45, 2.75) is 10.9 Å². The largest absolute Gasteiger partial charge is 1.00 e. The Morgan fingerprint density at radius 2 is 1.50 bits per heavy atom. The fourth-order valence-electron chi connectivity index (χ4n) is 3.65. The Labute approximate surface area is 296 Å². The second-order valence-corrected chi connectivity index (χ2v) is 12.3. The molecule has 0 bridgehead atoms. The maximum atomic E-state index is 13.1. The molecule has 1 atom stereocenters. The smallest absolute Gasteiger partial charge is 0.744 e. The van der Waals surface area contributed by atoms with Gasteiger partial charge in [-0.15, -0.1) is 0 Å². The molecule has 222 valence electrons. The van der Waals surface area contributed by atoms with Gasteiger partial charge < -0.3 is 20.3 Å². The van der Waals surface area contributed by atoms with Crippen LogP contribution in [0.4, 0.5) is 11.4 Å². The van der Waals surface area contributed by atoms with Crippen molar-refractivity contribution in [2.24, 2.45) is 5.10 Å². The molecule has 4 rings (SSSR count). The Kier molecular flexibility index (Phi) is 12.7. The van der Waals surface area contributed by atoms with Crippen molar-refractivity contribution in [3.05, 3.63) is 93.4 Å². The number of phenolic OH excluding ortho intramolecular Hbond substituents is 1. The number of aromatic hydroxyl groups is 1. The van der Waals surface area contributed by atoms with Gasteiger partial charge in [-0.25, -0.2) is 13.8 Å². The summed E-state index contributed by atoms with van der Waals surface area (Å²) in [6.07, 6.45) is 1.33. The van der Waals surface area contributed by atoms with E-state index in [-0.39, 0.29) is 40.4 Å². The number of phenols is 1. The number of rotatable bonds is 8. The molecule has 0 radical (unpaired) electrons. The van der Waals surface area contributed by atoms with E-state index >= 15 is 0 Å². The summed E-state index contributed by atoms with van der Waals surface area (Å²) in [5.41, 5.74) is 8.52. The molecule has 0 fully saturated rings. The molecule has 0 saturated heterocycles. The van der Waals surface area contributed by atoms with Crippen LogP contribution in [0, 0.1) is 0 Å². The van der Waals surface area contributed by atoms with E-state index in [1.54, 1.807) is 24.3 Å². The summed E-state index contributed by atoms with van der Waals surface area (Å²) in [5.74, 6) is -1.60. The Hall–Kier alpha value is -3.09. The van der Waals surface area contributed by atoms with Gasteiger partial charge in [0.2, 0.25) is 0 Å². The van der Waals surface area contributed by atoms with Crippen LogP contribution < -0.4 is 56.5 Å². The fraction of sp³-hybridized carbons (Fsp3) is 0.0370. The Morgan fingerprint density at radius 3 is 2.14 bits per heavy atom. The summed E-state index contributed by atoms with van der Waals surface area (Å²) in [6, 6.07) is 19.4. The third-order valence-electron chi connectivity index (χ3n) is 5.71. The summed E-state index contributed by atoms with van der Waals surface area (Å²) < 4.78 is 34.2. The SMILES string of the molecule is O=C(N/N=C/c1cc(Br)c(O)c(Br)c1)C(Nc1ccc2ccccc2c1)C(=O)NNC(=S)Nc1ccc(S(=O)(=O)[O-])cc1.[Na+]. The minimum Gasteiger partial charge on any atom is -0.744 e. The average Bonchev–Trinajstić information content (AvgIpc) is 2.97. The number of fused-ring (bicyclic) bond motifs is 1. The monoisotopic (exact) mass is 770 g/mol. The first-order valence-corrected chi connectivity index (χ1v) is 15.5. The van der Waals surface area contributed by atoms with Gasteiger partial charge >= 0.3 is 29.6 Å². The maximum Gasteiger partial charge on any atom is 1.00 e. The minimum atomic E-state index is -4.61. The topological polar surface area (TPSA) is 184 Å². The number of amides is 2. The average molecular weight is 772 g/mol. The number of benzene rings is 4. The summed E-state index contributed by atoms with van der Waals surface area (Å²) >= 11 is 11.6. The fourth-order valence-corrected chi connectivity index (χ4v) is 5.51. The van der Waals surface area contributed by atoms with E-state index in [4.69, 9.17) is 12.2 Å². The van der Waals surface area contributed by atoms with E-state index in [1.807, 2.05) is 30.3 Å². The number of hydrazine groups is 1. The summed E-state index contributed by atoms with van der Waals surface area (Å²) in [4.78, 5) is 25.9. The van der Waals surface area contributed by atoms with Crippen LogP contribution in [0.3, 0.4) is 0 Å². The van der Waals surface area contributed by atoms with E-state index in [9.17, 15) is 27.7 Å². The molecule has 0 aliphatic heterocycles. The molecule has 0 saturated carbocycles. The van der Waals surface area contributed by atoms with Gasteiger partial charge in [0, 0.05) is 11.4 Å². The van der Waals surface area contributed by atoms with Gasteiger partial charge in [-0.05, 0) is 109 Å². The molecule has 0 aliphatic carbocycles. The van der Waals surface area contributed by atoms with Crippen LogP contribution in [0.15, 0.2) is 97.8 Å². The number of hydrogen-bond acceptors (Lipinski definition) is 9. The standard InChI is InChI=1S/C27H22Br2N6O6S2.Na/c28-21-11-15(12-22(29)24(21)36)14-30-33-25(37)23(31-19-6-5-16-3-1-2-4-17(16)13-19)26(38)34-35-27(42)32-18-7-9-20(10-8-18)43(39,40)41;/h1-14,23,31,36H,(H,33,37)(H,34,38)(H2,32,35,42)(H,39,40,41);/q;+1/p-1/b30-14+;. The van der Waals surface area contributed by atoms with Gasteiger partial charge in [0.15, 0.2) is 11.2 Å².